The number of nitrogens with one attached hydrogen (secondary N) is 1. The van der Waals surface area contributed by atoms with Crippen molar-refractivity contribution in [1.82, 2.24) is 10.2 Å². The Balaban J connectivity index is 2.23. The van der Waals surface area contributed by atoms with Crippen LogP contribution in [0.15, 0.2) is 24.3 Å². The zero-order chi connectivity index (χ0) is 37.7. The van der Waals surface area contributed by atoms with Crippen LogP contribution in [0, 0.1) is 0 Å². The summed E-state index contributed by atoms with van der Waals surface area (Å²) in [6.07, 6.45) is 36.3. The van der Waals surface area contributed by atoms with Crippen LogP contribution >= 0.6 is 0 Å². The third kappa shape index (κ3) is 30.1. The summed E-state index contributed by atoms with van der Waals surface area (Å²) in [5, 5.41) is 2.76. The molecule has 1 atom stereocenters. The molecular formula is C43H77FN2O6. The number of likely N-dealkylation sites (tertiary alicyclic amines) is 1. The van der Waals surface area contributed by atoms with Crippen molar-refractivity contribution < 1.29 is 33.0 Å². The van der Waals surface area contributed by atoms with Crippen LogP contribution in [0.4, 0.5) is 9.18 Å². The minimum Gasteiger partial charge on any atom is -0.462 e. The van der Waals surface area contributed by atoms with Gasteiger partial charge in [-0.05, 0) is 44.9 Å². The third-order valence-electron chi connectivity index (χ3n) is 9.63. The molecule has 1 amide bonds. The molecule has 0 radical (unpaired) electrons. The van der Waals surface area contributed by atoms with Gasteiger partial charge in [0.2, 0.25) is 0 Å². The van der Waals surface area contributed by atoms with E-state index in [1.54, 1.807) is 0 Å². The summed E-state index contributed by atoms with van der Waals surface area (Å²) in [7, 11) is 0. The topological polar surface area (TPSA) is 94.2 Å². The first-order valence-corrected chi connectivity index (χ1v) is 21.3. The van der Waals surface area contributed by atoms with E-state index in [4.69, 9.17) is 14.2 Å². The van der Waals surface area contributed by atoms with E-state index in [1.807, 2.05) is 4.90 Å². The first-order valence-electron chi connectivity index (χ1n) is 21.3. The predicted molar refractivity (Wildman–Crippen MR) is 211 cm³/mol. The number of halogens is 1. The summed E-state index contributed by atoms with van der Waals surface area (Å²) in [5.74, 6) is -0.687. The summed E-state index contributed by atoms with van der Waals surface area (Å²) < 4.78 is 28.9. The molecule has 1 saturated heterocycles. The zero-order valence-corrected chi connectivity index (χ0v) is 33.4. The second-order valence-electron chi connectivity index (χ2n) is 14.7. The highest BCUT2D eigenvalue weighted by Crippen LogP contribution is 2.14. The number of carbonyl (C=O) groups excluding carboxylic acids is 3. The molecule has 9 heteroatoms. The Hall–Kier alpha value is -2.42. The summed E-state index contributed by atoms with van der Waals surface area (Å²) >= 11 is 0. The molecule has 1 heterocycles. The van der Waals surface area contributed by atoms with E-state index in [-0.39, 0.29) is 31.2 Å². The Morgan fingerprint density at radius 3 is 1.54 bits per heavy atom. The number of hydrogen-bond donors (Lipinski definition) is 1. The highest BCUT2D eigenvalue weighted by molar-refractivity contribution is 5.70. The molecule has 0 aromatic rings. The van der Waals surface area contributed by atoms with Crippen molar-refractivity contribution >= 4 is 18.0 Å². The van der Waals surface area contributed by atoms with Crippen molar-refractivity contribution in [1.29, 1.82) is 0 Å². The molecule has 0 bridgehead atoms. The molecule has 1 rings (SSSR count). The van der Waals surface area contributed by atoms with Crippen molar-refractivity contribution in [2.24, 2.45) is 0 Å². The van der Waals surface area contributed by atoms with Crippen LogP contribution in [0.2, 0.25) is 0 Å². The van der Waals surface area contributed by atoms with Gasteiger partial charge in [0.15, 0.2) is 6.10 Å². The second kappa shape index (κ2) is 35.6. The summed E-state index contributed by atoms with van der Waals surface area (Å²) in [6, 6.07) is -0.126. The van der Waals surface area contributed by atoms with Gasteiger partial charge >= 0.3 is 18.0 Å². The van der Waals surface area contributed by atoms with Crippen molar-refractivity contribution in [2.75, 3.05) is 39.5 Å². The Morgan fingerprint density at radius 1 is 0.635 bits per heavy atom. The average molecular weight is 737 g/mol. The van der Waals surface area contributed by atoms with Gasteiger partial charge < -0.3 is 19.5 Å². The zero-order valence-electron chi connectivity index (χ0n) is 33.4. The maximum absolute atomic E-state index is 12.5. The van der Waals surface area contributed by atoms with Gasteiger partial charge in [0.25, 0.3) is 0 Å². The number of hydrogen-bond acceptors (Lipinski definition) is 7. The highest BCUT2D eigenvalue weighted by atomic mass is 19.1. The largest absolute Gasteiger partial charge is 0.462 e. The average Bonchev–Trinajstić information content (AvgIpc) is 3.12. The number of esters is 2. The van der Waals surface area contributed by atoms with Gasteiger partial charge in [-0.25, -0.2) is 9.18 Å². The standard InChI is InChI=1S/C43H77FN2O6/c1-3-5-7-9-11-13-15-17-18-20-22-24-26-28-30-32-42(48)51-38-40(52-43(49)45-39-35-46(36-39)34-33-44)37-50-41(47)31-29-27-25-23-21-19-16-14-12-10-8-6-4-2/h11,13,17-18,39-40H,3-10,12,14-16,19-38H2,1-2H3,(H,45,49)/b13-11-,18-17-. The molecule has 1 N–H and O–H groups in total. The van der Waals surface area contributed by atoms with Crippen LogP contribution in [0.3, 0.4) is 0 Å². The first kappa shape index (κ1) is 47.6. The number of rotatable bonds is 36. The monoisotopic (exact) mass is 737 g/mol. The van der Waals surface area contributed by atoms with Crippen molar-refractivity contribution in [3.8, 4) is 0 Å². The van der Waals surface area contributed by atoms with Crippen LogP contribution in [-0.4, -0.2) is 74.6 Å². The number of carbonyl (C=O) groups is 3. The number of allylic oxidation sites excluding steroid dienone is 4. The Labute approximate surface area is 317 Å². The maximum atomic E-state index is 12.5. The number of unbranched alkanes of at least 4 members (excludes halogenated alkanes) is 20. The molecule has 1 aliphatic rings. The van der Waals surface area contributed by atoms with E-state index in [0.717, 1.165) is 64.2 Å². The number of nitrogens with zero attached hydrogens (tertiary/aromatic N) is 1. The van der Waals surface area contributed by atoms with E-state index in [1.165, 1.54) is 89.9 Å². The molecule has 0 aliphatic carbocycles. The van der Waals surface area contributed by atoms with Crippen LogP contribution in [0.1, 0.15) is 181 Å². The number of alkyl carbamates (subject to hydrolysis) is 1. The van der Waals surface area contributed by atoms with E-state index >= 15 is 0 Å². The summed E-state index contributed by atoms with van der Waals surface area (Å²) in [6.45, 7) is 5.17. The molecule has 1 unspecified atom stereocenters. The first-order chi connectivity index (χ1) is 25.5. The molecule has 0 aromatic heterocycles. The van der Waals surface area contributed by atoms with Crippen molar-refractivity contribution in [2.45, 2.75) is 193 Å². The van der Waals surface area contributed by atoms with E-state index < -0.39 is 18.9 Å². The number of amides is 1. The molecule has 1 fully saturated rings. The van der Waals surface area contributed by atoms with Crippen molar-refractivity contribution in [3.05, 3.63) is 24.3 Å². The van der Waals surface area contributed by atoms with Gasteiger partial charge in [-0.15, -0.1) is 0 Å². The van der Waals surface area contributed by atoms with Gasteiger partial charge in [0.05, 0.1) is 6.04 Å². The second-order valence-corrected chi connectivity index (χ2v) is 14.7. The van der Waals surface area contributed by atoms with Crippen LogP contribution < -0.4 is 5.32 Å². The summed E-state index contributed by atoms with van der Waals surface area (Å²) in [4.78, 5) is 39.3. The molecule has 0 aromatic carbocycles. The summed E-state index contributed by atoms with van der Waals surface area (Å²) in [5.41, 5.74) is 0. The lowest BCUT2D eigenvalue weighted by molar-refractivity contribution is -0.152. The van der Waals surface area contributed by atoms with Gasteiger partial charge in [0.1, 0.15) is 19.9 Å². The number of ether oxygens (including phenoxy) is 3. The van der Waals surface area contributed by atoms with E-state index in [0.29, 0.717) is 32.5 Å². The van der Waals surface area contributed by atoms with E-state index in [2.05, 4.69) is 43.5 Å². The Bertz CT molecular complexity index is 923. The maximum Gasteiger partial charge on any atom is 0.407 e. The van der Waals surface area contributed by atoms with Gasteiger partial charge in [-0.1, -0.05) is 147 Å². The molecular weight excluding hydrogens is 659 g/mol. The van der Waals surface area contributed by atoms with E-state index in [9.17, 15) is 18.8 Å². The van der Waals surface area contributed by atoms with Crippen LogP contribution in [0.5, 0.6) is 0 Å². The molecule has 1 aliphatic heterocycles. The quantitative estimate of drug-likeness (QED) is 0.0296. The Kier molecular flexibility index (Phi) is 32.6. The predicted octanol–water partition coefficient (Wildman–Crippen LogP) is 11.1. The van der Waals surface area contributed by atoms with Crippen LogP contribution in [0.25, 0.3) is 0 Å². The minimum absolute atomic E-state index is 0.126. The minimum atomic E-state index is -0.897. The van der Waals surface area contributed by atoms with Gasteiger partial charge in [-0.2, -0.15) is 0 Å². The van der Waals surface area contributed by atoms with Gasteiger partial charge in [-0.3, -0.25) is 14.5 Å². The Morgan fingerprint density at radius 2 is 1.06 bits per heavy atom. The molecule has 52 heavy (non-hydrogen) atoms. The van der Waals surface area contributed by atoms with Crippen LogP contribution in [-0.2, 0) is 23.8 Å². The lowest BCUT2D eigenvalue weighted by Gasteiger charge is -2.38. The lowest BCUT2D eigenvalue weighted by atomic mass is 10.0. The molecule has 0 saturated carbocycles. The molecule has 0 spiro atoms. The fraction of sp³-hybridized carbons (Fsp3) is 0.837. The fourth-order valence-electron chi connectivity index (χ4n) is 6.32. The lowest BCUT2D eigenvalue weighted by Crippen LogP contribution is -2.60. The molecule has 302 valence electrons. The molecule has 8 nitrogen and oxygen atoms in total. The normalized spacial score (nSPS) is 14.1. The highest BCUT2D eigenvalue weighted by Gasteiger charge is 2.29. The smallest absolute Gasteiger partial charge is 0.407 e. The number of alkyl halides is 1. The van der Waals surface area contributed by atoms with Gasteiger partial charge in [0, 0.05) is 32.5 Å². The van der Waals surface area contributed by atoms with Crippen molar-refractivity contribution in [3.63, 3.8) is 0 Å². The SMILES string of the molecule is CCCCC/C=C\C/C=C\CCCCCCCC(=O)OCC(COC(=O)CCCCCCCCCCCCCCC)OC(=O)NC1CN(CCF)C1. The fourth-order valence-corrected chi connectivity index (χ4v) is 6.32. The third-order valence-corrected chi connectivity index (χ3v) is 9.63.